The second-order valence-corrected chi connectivity index (χ2v) is 7.09. The number of benzene rings is 3. The topological polar surface area (TPSA) is 94.6 Å². The van der Waals surface area contributed by atoms with Gasteiger partial charge in [0.2, 0.25) is 5.91 Å². The summed E-state index contributed by atoms with van der Waals surface area (Å²) in [5.41, 5.74) is 5.81. The number of alkyl halides is 3. The monoisotopic (exact) mass is 442 g/mol. The molecule has 1 amide bonds. The highest BCUT2D eigenvalue weighted by Crippen LogP contribution is 2.39. The highest BCUT2D eigenvalue weighted by molar-refractivity contribution is 6.20. The van der Waals surface area contributed by atoms with Gasteiger partial charge in [0, 0.05) is 17.5 Å². The summed E-state index contributed by atoms with van der Waals surface area (Å²) in [5.74, 6) is -1.60. The first kappa shape index (κ1) is 21.4. The maximum absolute atomic E-state index is 13.6. The van der Waals surface area contributed by atoms with E-state index in [2.05, 4.69) is 0 Å². The van der Waals surface area contributed by atoms with Crippen molar-refractivity contribution in [2.24, 2.45) is 5.73 Å². The zero-order valence-corrected chi connectivity index (χ0v) is 16.5. The van der Waals surface area contributed by atoms with E-state index in [4.69, 9.17) is 15.6 Å². The van der Waals surface area contributed by atoms with E-state index in [-0.39, 0.29) is 23.4 Å². The Morgan fingerprint density at radius 2 is 1.59 bits per heavy atom. The maximum atomic E-state index is 13.6. The molecule has 0 unspecified atom stereocenters. The molecular weight excluding hydrogens is 425 g/mol. The Balaban J connectivity index is 2.04. The number of esters is 1. The van der Waals surface area contributed by atoms with Crippen molar-refractivity contribution in [2.45, 2.75) is 12.7 Å². The first-order chi connectivity index (χ1) is 15.2. The molecule has 0 aliphatic carbocycles. The molecular formula is C23H17F3N2O4. The third kappa shape index (κ3) is 3.67. The normalized spacial score (nSPS) is 11.8. The number of amides is 1. The second-order valence-electron chi connectivity index (χ2n) is 7.09. The average Bonchev–Trinajstić information content (AvgIpc) is 3.08. The molecule has 0 atom stereocenters. The Bertz CT molecular complexity index is 1360. The van der Waals surface area contributed by atoms with Crippen LogP contribution in [0, 0.1) is 0 Å². The van der Waals surface area contributed by atoms with Crippen LogP contribution in [0.2, 0.25) is 0 Å². The van der Waals surface area contributed by atoms with Crippen molar-refractivity contribution in [3.63, 3.8) is 0 Å². The summed E-state index contributed by atoms with van der Waals surface area (Å²) >= 11 is 0. The van der Waals surface area contributed by atoms with Gasteiger partial charge < -0.3 is 20.1 Å². The summed E-state index contributed by atoms with van der Waals surface area (Å²) in [6.45, 7) is -1.02. The Hall–Kier alpha value is -3.85. The van der Waals surface area contributed by atoms with Crippen LogP contribution in [0.15, 0.2) is 60.7 Å². The number of carbonyl (C=O) groups is 2. The number of carbonyl (C=O) groups excluding carboxylic acids is 2. The molecule has 0 fully saturated rings. The molecule has 0 saturated carbocycles. The lowest BCUT2D eigenvalue weighted by atomic mass is 10.1. The summed E-state index contributed by atoms with van der Waals surface area (Å²) in [4.78, 5) is 23.9. The number of ether oxygens (including phenoxy) is 1. The number of aromatic nitrogens is 1. The van der Waals surface area contributed by atoms with Gasteiger partial charge in [-0.3, -0.25) is 4.79 Å². The highest BCUT2D eigenvalue weighted by Gasteiger charge is 2.33. The minimum Gasteiger partial charge on any atom is -0.424 e. The first-order valence-corrected chi connectivity index (χ1v) is 9.52. The number of hydrogen-bond donors (Lipinski definition) is 2. The van der Waals surface area contributed by atoms with E-state index in [9.17, 15) is 22.8 Å². The summed E-state index contributed by atoms with van der Waals surface area (Å²) in [6.07, 6.45) is -4.55. The van der Waals surface area contributed by atoms with E-state index in [1.165, 1.54) is 30.3 Å². The van der Waals surface area contributed by atoms with Gasteiger partial charge in [-0.1, -0.05) is 30.3 Å². The number of aliphatic hydroxyl groups is 1. The third-order valence-corrected chi connectivity index (χ3v) is 5.15. The van der Waals surface area contributed by atoms with Gasteiger partial charge in [-0.15, -0.1) is 0 Å². The number of halogens is 3. The number of primary amides is 1. The summed E-state index contributed by atoms with van der Waals surface area (Å²) in [5, 5.41) is 9.75. The van der Waals surface area contributed by atoms with Crippen molar-refractivity contribution >= 4 is 33.7 Å². The standard InChI is InChI=1S/C23H17F3N2O4/c24-23(25,26)15-7-2-1-5-13(15)11-28-16-8-3-6-14(22(27)31)20(16)21-17(28)9-4-10-18(21)32-19(30)12-29/h1-10,29H,11-12H2,(H2,27,31). The number of nitrogens with two attached hydrogens (primary N) is 1. The van der Waals surface area contributed by atoms with Crippen molar-refractivity contribution in [1.29, 1.82) is 0 Å². The van der Waals surface area contributed by atoms with Crippen molar-refractivity contribution in [1.82, 2.24) is 4.57 Å². The number of hydrogen-bond acceptors (Lipinski definition) is 4. The Morgan fingerprint density at radius 3 is 2.25 bits per heavy atom. The Morgan fingerprint density at radius 1 is 0.938 bits per heavy atom. The van der Waals surface area contributed by atoms with E-state index in [1.807, 2.05) is 0 Å². The number of rotatable bonds is 5. The lowest BCUT2D eigenvalue weighted by molar-refractivity contribution is -0.138. The molecule has 4 rings (SSSR count). The van der Waals surface area contributed by atoms with Gasteiger partial charge in [-0.05, 0) is 35.9 Å². The van der Waals surface area contributed by atoms with E-state index >= 15 is 0 Å². The molecule has 0 bridgehead atoms. The van der Waals surface area contributed by atoms with Gasteiger partial charge in [0.1, 0.15) is 12.4 Å². The number of aliphatic hydroxyl groups excluding tert-OH is 1. The maximum Gasteiger partial charge on any atom is 0.416 e. The van der Waals surface area contributed by atoms with Crippen LogP contribution >= 0.6 is 0 Å². The predicted molar refractivity (Wildman–Crippen MR) is 111 cm³/mol. The molecule has 3 aromatic carbocycles. The molecule has 3 N–H and O–H groups in total. The summed E-state index contributed by atoms with van der Waals surface area (Å²) in [7, 11) is 0. The van der Waals surface area contributed by atoms with Gasteiger partial charge in [-0.2, -0.15) is 13.2 Å². The third-order valence-electron chi connectivity index (χ3n) is 5.15. The van der Waals surface area contributed by atoms with Crippen molar-refractivity contribution in [2.75, 3.05) is 6.61 Å². The average molecular weight is 442 g/mol. The van der Waals surface area contributed by atoms with E-state index in [0.29, 0.717) is 21.8 Å². The molecule has 164 valence electrons. The predicted octanol–water partition coefficient (Wildman–Crippen LogP) is 3.86. The smallest absolute Gasteiger partial charge is 0.416 e. The zero-order chi connectivity index (χ0) is 23.0. The fraction of sp³-hybridized carbons (Fsp3) is 0.130. The minimum atomic E-state index is -4.55. The van der Waals surface area contributed by atoms with Gasteiger partial charge >= 0.3 is 12.1 Å². The first-order valence-electron chi connectivity index (χ1n) is 9.52. The quantitative estimate of drug-likeness (QED) is 0.363. The highest BCUT2D eigenvalue weighted by atomic mass is 19.4. The molecule has 32 heavy (non-hydrogen) atoms. The van der Waals surface area contributed by atoms with Crippen LogP contribution in [0.5, 0.6) is 5.75 Å². The van der Waals surface area contributed by atoms with E-state index in [0.717, 1.165) is 6.07 Å². The second kappa shape index (κ2) is 8.01. The van der Waals surface area contributed by atoms with Crippen LogP contribution < -0.4 is 10.5 Å². The van der Waals surface area contributed by atoms with Gasteiger partial charge in [0.25, 0.3) is 0 Å². The molecule has 6 nitrogen and oxygen atoms in total. The summed E-state index contributed by atoms with van der Waals surface area (Å²) < 4.78 is 47.5. The molecule has 0 spiro atoms. The molecule has 1 aromatic heterocycles. The molecule has 0 aliphatic rings. The van der Waals surface area contributed by atoms with E-state index in [1.54, 1.807) is 28.8 Å². The lowest BCUT2D eigenvalue weighted by Gasteiger charge is -2.15. The van der Waals surface area contributed by atoms with Crippen LogP contribution in [0.1, 0.15) is 21.5 Å². The minimum absolute atomic E-state index is 0.0287. The fourth-order valence-corrected chi connectivity index (χ4v) is 3.87. The molecule has 0 aliphatic heterocycles. The molecule has 4 aromatic rings. The molecule has 9 heteroatoms. The van der Waals surface area contributed by atoms with Gasteiger partial charge in [0.05, 0.1) is 22.0 Å². The Labute approximate surface area is 179 Å². The molecule has 0 radical (unpaired) electrons. The van der Waals surface area contributed by atoms with Crippen LogP contribution in [0.3, 0.4) is 0 Å². The summed E-state index contributed by atoms with van der Waals surface area (Å²) in [6, 6.07) is 14.6. The largest absolute Gasteiger partial charge is 0.424 e. The van der Waals surface area contributed by atoms with Crippen LogP contribution in [0.4, 0.5) is 13.2 Å². The van der Waals surface area contributed by atoms with Crippen molar-refractivity contribution in [3.8, 4) is 5.75 Å². The molecule has 1 heterocycles. The van der Waals surface area contributed by atoms with E-state index < -0.39 is 30.2 Å². The van der Waals surface area contributed by atoms with Crippen LogP contribution in [-0.2, 0) is 17.5 Å². The van der Waals surface area contributed by atoms with Gasteiger partial charge in [0.15, 0.2) is 0 Å². The van der Waals surface area contributed by atoms with Crippen LogP contribution in [-0.4, -0.2) is 28.2 Å². The SMILES string of the molecule is NC(=O)c1cccc2c1c1c(OC(=O)CO)cccc1n2Cc1ccccc1C(F)(F)F. The van der Waals surface area contributed by atoms with Gasteiger partial charge in [-0.25, -0.2) is 4.79 Å². The zero-order valence-electron chi connectivity index (χ0n) is 16.5. The lowest BCUT2D eigenvalue weighted by Crippen LogP contribution is -2.13. The fourth-order valence-electron chi connectivity index (χ4n) is 3.87. The number of fused-ring (bicyclic) bond motifs is 3. The number of nitrogens with zero attached hydrogens (tertiary/aromatic N) is 1. The van der Waals surface area contributed by atoms with Crippen LogP contribution in [0.25, 0.3) is 21.8 Å². The Kier molecular flexibility index (Phi) is 5.35. The molecule has 0 saturated heterocycles. The van der Waals surface area contributed by atoms with Crippen molar-refractivity contribution in [3.05, 3.63) is 77.4 Å². The van der Waals surface area contributed by atoms with Crippen molar-refractivity contribution < 1.29 is 32.6 Å².